The predicted octanol–water partition coefficient (Wildman–Crippen LogP) is 5.11. The summed E-state index contributed by atoms with van der Waals surface area (Å²) in [6, 6.07) is 9.82. The first-order valence-electron chi connectivity index (χ1n) is 11.7. The number of imidazole rings is 1. The van der Waals surface area contributed by atoms with Crippen molar-refractivity contribution in [1.82, 2.24) is 14.0 Å². The third kappa shape index (κ3) is 3.20. The van der Waals surface area contributed by atoms with Crippen molar-refractivity contribution in [3.05, 3.63) is 52.3 Å². The number of alkyl halides is 3. The number of nitrogens with zero attached hydrogens (tertiary/aromatic N) is 4. The highest BCUT2D eigenvalue weighted by Crippen LogP contribution is 2.38. The molecule has 0 bridgehead atoms. The van der Waals surface area contributed by atoms with Gasteiger partial charge in [-0.25, -0.2) is 0 Å². The average molecular weight is 468 g/mol. The number of carbonyl (C=O) groups is 1. The zero-order valence-electron chi connectivity index (χ0n) is 18.4. The van der Waals surface area contributed by atoms with Crippen molar-refractivity contribution in [3.8, 4) is 0 Å². The fourth-order valence-electron chi connectivity index (χ4n) is 5.63. The number of Topliss-reactive ketones (excluding diaryl/α,β-unsaturated/α-hetero) is 1. The van der Waals surface area contributed by atoms with Crippen LogP contribution < -0.4 is 10.5 Å². The molecule has 6 rings (SSSR count). The Balaban J connectivity index is 1.68. The molecule has 0 atom stereocenters. The Morgan fingerprint density at radius 2 is 1.65 bits per heavy atom. The van der Waals surface area contributed by atoms with Crippen LogP contribution in [0.2, 0.25) is 0 Å². The SMILES string of the molecule is O=C1CCN(c2ccc3c(c2)n(C2CCCC2)c2nc(=O)c4c(C(F)(F)F)cccc4n32)CC1. The highest BCUT2D eigenvalue weighted by Gasteiger charge is 2.35. The fourth-order valence-corrected chi connectivity index (χ4v) is 5.63. The van der Waals surface area contributed by atoms with Gasteiger partial charge >= 0.3 is 6.18 Å². The van der Waals surface area contributed by atoms with Crippen molar-refractivity contribution in [3.63, 3.8) is 0 Å². The molecule has 9 heteroatoms. The van der Waals surface area contributed by atoms with E-state index in [-0.39, 0.29) is 17.3 Å². The van der Waals surface area contributed by atoms with Crippen molar-refractivity contribution < 1.29 is 18.0 Å². The first-order chi connectivity index (χ1) is 16.3. The minimum Gasteiger partial charge on any atom is -0.371 e. The third-order valence-electron chi connectivity index (χ3n) is 7.26. The molecule has 1 saturated carbocycles. The van der Waals surface area contributed by atoms with Gasteiger partial charge in [0.1, 0.15) is 5.78 Å². The molecule has 2 aromatic heterocycles. The molecule has 2 fully saturated rings. The largest absolute Gasteiger partial charge is 0.417 e. The van der Waals surface area contributed by atoms with Crippen molar-refractivity contribution in [2.45, 2.75) is 50.7 Å². The van der Waals surface area contributed by atoms with Crippen LogP contribution in [0.3, 0.4) is 0 Å². The summed E-state index contributed by atoms with van der Waals surface area (Å²) in [6.45, 7) is 1.28. The normalized spacial score (nSPS) is 18.1. The summed E-state index contributed by atoms with van der Waals surface area (Å²) in [5.74, 6) is 0.636. The molecule has 34 heavy (non-hydrogen) atoms. The topological polar surface area (TPSA) is 59.6 Å². The maximum atomic E-state index is 13.7. The van der Waals surface area contributed by atoms with Crippen LogP contribution >= 0.6 is 0 Å². The maximum Gasteiger partial charge on any atom is 0.417 e. The highest BCUT2D eigenvalue weighted by molar-refractivity contribution is 5.93. The van der Waals surface area contributed by atoms with Gasteiger partial charge in [-0.15, -0.1) is 0 Å². The lowest BCUT2D eigenvalue weighted by Gasteiger charge is -2.28. The lowest BCUT2D eigenvalue weighted by Crippen LogP contribution is -2.33. The standard InChI is InChI=1S/C25H23F3N4O2/c26-25(27,28)18-6-3-7-20-22(18)23(34)29-24-31(15-4-1-2-5-15)21-14-16(8-9-19(21)32(20)24)30-12-10-17(33)11-13-30/h3,6-9,14-15H,1-2,4-5,10-13H2. The van der Waals surface area contributed by atoms with Crippen molar-refractivity contribution in [1.29, 1.82) is 0 Å². The number of piperidine rings is 1. The van der Waals surface area contributed by atoms with Gasteiger partial charge in [0.25, 0.3) is 5.56 Å². The molecule has 0 N–H and O–H groups in total. The van der Waals surface area contributed by atoms with Gasteiger partial charge in [-0.05, 0) is 43.2 Å². The van der Waals surface area contributed by atoms with Gasteiger partial charge in [0.05, 0.1) is 27.5 Å². The molecule has 3 heterocycles. The van der Waals surface area contributed by atoms with Crippen LogP contribution in [-0.4, -0.2) is 32.8 Å². The van der Waals surface area contributed by atoms with Crippen LogP contribution in [0.25, 0.3) is 27.7 Å². The number of fused-ring (bicyclic) bond motifs is 5. The summed E-state index contributed by atoms with van der Waals surface area (Å²) in [4.78, 5) is 31.1. The highest BCUT2D eigenvalue weighted by atomic mass is 19.4. The zero-order valence-corrected chi connectivity index (χ0v) is 18.4. The quantitative estimate of drug-likeness (QED) is 0.411. The molecule has 1 aliphatic carbocycles. The smallest absolute Gasteiger partial charge is 0.371 e. The second kappa shape index (κ2) is 7.58. The summed E-state index contributed by atoms with van der Waals surface area (Å²) >= 11 is 0. The Hall–Kier alpha value is -3.36. The van der Waals surface area contributed by atoms with E-state index in [4.69, 9.17) is 0 Å². The number of halogens is 3. The Morgan fingerprint density at radius 3 is 2.35 bits per heavy atom. The molecule has 2 aromatic carbocycles. The molecular weight excluding hydrogens is 445 g/mol. The molecule has 4 aromatic rings. The number of benzene rings is 2. The van der Waals surface area contributed by atoms with E-state index in [0.717, 1.165) is 48.5 Å². The summed E-state index contributed by atoms with van der Waals surface area (Å²) in [5, 5.41) is -0.406. The summed E-state index contributed by atoms with van der Waals surface area (Å²) in [6.07, 6.45) is 0.323. The molecule has 0 unspecified atom stereocenters. The van der Waals surface area contributed by atoms with Crippen LogP contribution in [0.15, 0.2) is 41.2 Å². The number of anilines is 1. The monoisotopic (exact) mass is 468 g/mol. The average Bonchev–Trinajstić information content (AvgIpc) is 3.44. The minimum atomic E-state index is -4.66. The van der Waals surface area contributed by atoms with E-state index in [1.165, 1.54) is 6.07 Å². The summed E-state index contributed by atoms with van der Waals surface area (Å²) < 4.78 is 45.0. The summed E-state index contributed by atoms with van der Waals surface area (Å²) in [5.41, 5.74) is 0.912. The number of rotatable bonds is 2. The molecule has 0 radical (unpaired) electrons. The lowest BCUT2D eigenvalue weighted by molar-refractivity contribution is -0.136. The number of ketones is 1. The fraction of sp³-hybridized carbons (Fsp3) is 0.400. The van der Waals surface area contributed by atoms with Crippen LogP contribution in [-0.2, 0) is 11.0 Å². The lowest BCUT2D eigenvalue weighted by atomic mass is 10.1. The van der Waals surface area contributed by atoms with E-state index in [2.05, 4.69) is 9.88 Å². The van der Waals surface area contributed by atoms with Gasteiger partial charge in [0, 0.05) is 37.7 Å². The Labute approximate surface area is 192 Å². The van der Waals surface area contributed by atoms with Gasteiger partial charge in [-0.1, -0.05) is 18.9 Å². The van der Waals surface area contributed by atoms with Gasteiger partial charge in [-0.2, -0.15) is 18.2 Å². The maximum absolute atomic E-state index is 13.7. The Morgan fingerprint density at radius 1 is 0.912 bits per heavy atom. The molecular formula is C25H23F3N4O2. The molecule has 0 spiro atoms. The second-order valence-corrected chi connectivity index (χ2v) is 9.26. The Bertz CT molecular complexity index is 1500. The second-order valence-electron chi connectivity index (χ2n) is 9.26. The predicted molar refractivity (Wildman–Crippen MR) is 123 cm³/mol. The van der Waals surface area contributed by atoms with E-state index < -0.39 is 22.7 Å². The van der Waals surface area contributed by atoms with Crippen LogP contribution in [0, 0.1) is 0 Å². The molecule has 0 amide bonds. The van der Waals surface area contributed by atoms with E-state index in [9.17, 15) is 22.8 Å². The summed E-state index contributed by atoms with van der Waals surface area (Å²) in [7, 11) is 0. The van der Waals surface area contributed by atoms with Gasteiger partial charge in [0.15, 0.2) is 0 Å². The van der Waals surface area contributed by atoms with Gasteiger partial charge < -0.3 is 9.47 Å². The van der Waals surface area contributed by atoms with Crippen LogP contribution in [0.1, 0.15) is 50.1 Å². The number of hydrogen-bond donors (Lipinski definition) is 0. The van der Waals surface area contributed by atoms with Crippen molar-refractivity contribution in [2.75, 3.05) is 18.0 Å². The molecule has 6 nitrogen and oxygen atoms in total. The molecule has 1 aliphatic heterocycles. The molecule has 1 saturated heterocycles. The number of aromatic nitrogens is 3. The number of carbonyl (C=O) groups excluding carboxylic acids is 1. The van der Waals surface area contributed by atoms with Crippen molar-refractivity contribution >= 4 is 39.2 Å². The van der Waals surface area contributed by atoms with Crippen molar-refractivity contribution in [2.24, 2.45) is 0 Å². The van der Waals surface area contributed by atoms with E-state index in [0.29, 0.717) is 31.7 Å². The van der Waals surface area contributed by atoms with E-state index in [1.807, 2.05) is 22.8 Å². The zero-order chi connectivity index (χ0) is 23.6. The number of hydrogen-bond acceptors (Lipinski definition) is 4. The van der Waals surface area contributed by atoms with E-state index >= 15 is 0 Å². The van der Waals surface area contributed by atoms with Gasteiger partial charge in [0.2, 0.25) is 5.78 Å². The van der Waals surface area contributed by atoms with Crippen LogP contribution in [0.5, 0.6) is 0 Å². The third-order valence-corrected chi connectivity index (χ3v) is 7.26. The molecule has 176 valence electrons. The first kappa shape index (κ1) is 21.2. The first-order valence-corrected chi connectivity index (χ1v) is 11.7. The van der Waals surface area contributed by atoms with Gasteiger partial charge in [-0.3, -0.25) is 14.0 Å². The minimum absolute atomic E-state index is 0.126. The van der Waals surface area contributed by atoms with E-state index in [1.54, 1.807) is 10.5 Å². The van der Waals surface area contributed by atoms with Crippen LogP contribution in [0.4, 0.5) is 18.9 Å². The molecule has 2 aliphatic rings. The Kier molecular flexibility index (Phi) is 4.72.